The van der Waals surface area contributed by atoms with E-state index in [1.54, 1.807) is 6.08 Å². The van der Waals surface area contributed by atoms with Gasteiger partial charge in [0, 0.05) is 31.4 Å². The molecular weight excluding hydrogens is 424 g/mol. The number of hydrogen-bond acceptors (Lipinski definition) is 6. The molecule has 7 heteroatoms. The molecule has 0 aliphatic heterocycles. The van der Waals surface area contributed by atoms with Crippen molar-refractivity contribution in [1.29, 1.82) is 0 Å². The third kappa shape index (κ3) is 11.3. The fourth-order valence-electron chi connectivity index (χ4n) is 2.34. The van der Waals surface area contributed by atoms with Crippen LogP contribution >= 0.6 is 0 Å². The Labute approximate surface area is 194 Å². The first kappa shape index (κ1) is 29.6. The zero-order valence-electron chi connectivity index (χ0n) is 21.0. The molecule has 0 saturated carbocycles. The summed E-state index contributed by atoms with van der Waals surface area (Å²) in [6.45, 7) is 21.0. The molecule has 0 aromatic carbocycles. The normalized spacial score (nSPS) is 13.7. The van der Waals surface area contributed by atoms with Gasteiger partial charge in [0.15, 0.2) is 8.32 Å². The fourth-order valence-corrected chi connectivity index (χ4v) is 3.64. The molecule has 0 unspecified atom stereocenters. The second-order valence-corrected chi connectivity index (χ2v) is 14.1. The Hall–Kier alpha value is -2.43. The van der Waals surface area contributed by atoms with Crippen molar-refractivity contribution in [2.24, 2.45) is 0 Å². The fraction of sp³-hybridized carbons (Fsp3) is 0.560. The summed E-state index contributed by atoms with van der Waals surface area (Å²) in [5, 5.41) is -0.0744. The van der Waals surface area contributed by atoms with Crippen LogP contribution in [0, 0.1) is 11.8 Å². The van der Waals surface area contributed by atoms with Crippen molar-refractivity contribution >= 4 is 26.5 Å². The van der Waals surface area contributed by atoms with Gasteiger partial charge >= 0.3 is 11.9 Å². The van der Waals surface area contributed by atoms with Gasteiger partial charge in [0.2, 0.25) is 0 Å². The Morgan fingerprint density at radius 1 is 1.06 bits per heavy atom. The average molecular weight is 463 g/mol. The van der Waals surface area contributed by atoms with Crippen LogP contribution in [-0.4, -0.2) is 45.4 Å². The highest BCUT2D eigenvalue weighted by molar-refractivity contribution is 6.74. The van der Waals surface area contributed by atoms with Crippen molar-refractivity contribution in [3.05, 3.63) is 35.5 Å². The minimum absolute atomic E-state index is 0.0744. The molecule has 0 amide bonds. The molecule has 2 atom stereocenters. The molecule has 0 bridgehead atoms. The van der Waals surface area contributed by atoms with Gasteiger partial charge in [-0.3, -0.25) is 14.4 Å². The lowest BCUT2D eigenvalue weighted by Gasteiger charge is -2.40. The zero-order chi connectivity index (χ0) is 25.1. The molecule has 0 aliphatic rings. The Morgan fingerprint density at radius 3 is 2.09 bits per heavy atom. The Bertz CT molecular complexity index is 814. The van der Waals surface area contributed by atoms with Gasteiger partial charge in [0.05, 0.1) is 6.10 Å². The van der Waals surface area contributed by atoms with Crippen LogP contribution in [0.15, 0.2) is 35.5 Å². The zero-order valence-corrected chi connectivity index (χ0v) is 22.0. The number of carbonyl (C=O) groups excluding carboxylic acids is 3. The summed E-state index contributed by atoms with van der Waals surface area (Å²) < 4.78 is 17.1. The Kier molecular flexibility index (Phi) is 12.2. The van der Waals surface area contributed by atoms with E-state index in [1.165, 1.54) is 19.9 Å². The molecule has 0 heterocycles. The smallest absolute Gasteiger partial charge is 0.303 e. The summed E-state index contributed by atoms with van der Waals surface area (Å²) in [5.74, 6) is 4.97. The summed E-state index contributed by atoms with van der Waals surface area (Å²) in [6.07, 6.45) is 2.41. The van der Waals surface area contributed by atoms with Gasteiger partial charge in [-0.2, -0.15) is 0 Å². The van der Waals surface area contributed by atoms with Crippen molar-refractivity contribution in [2.45, 2.75) is 85.2 Å². The SMILES string of the molecule is C=C(C#CC=C(C)C)[C@H](C[C@H](OC(C)=O)/C(=C/C=O)COC(C)=O)O[Si](C)(C)C(C)(C)C. The summed E-state index contributed by atoms with van der Waals surface area (Å²) >= 11 is 0. The van der Waals surface area contributed by atoms with Crippen molar-refractivity contribution in [3.63, 3.8) is 0 Å². The maximum absolute atomic E-state index is 11.8. The Balaban J connectivity index is 6.18. The topological polar surface area (TPSA) is 78.9 Å². The average Bonchev–Trinajstić information content (AvgIpc) is 2.61. The number of rotatable bonds is 10. The molecule has 0 radical (unpaired) electrons. The van der Waals surface area contributed by atoms with Crippen LogP contribution in [-0.2, 0) is 28.3 Å². The summed E-state index contributed by atoms with van der Waals surface area (Å²) in [7, 11) is -2.25. The number of carbonyl (C=O) groups is 3. The van der Waals surface area contributed by atoms with Crippen LogP contribution in [0.1, 0.15) is 54.9 Å². The van der Waals surface area contributed by atoms with E-state index in [1.807, 2.05) is 13.8 Å². The van der Waals surface area contributed by atoms with Gasteiger partial charge in [-0.05, 0) is 44.1 Å². The minimum atomic E-state index is -2.25. The quantitative estimate of drug-likeness (QED) is 0.151. The van der Waals surface area contributed by atoms with Gasteiger partial charge in [-0.15, -0.1) is 0 Å². The highest BCUT2D eigenvalue weighted by Crippen LogP contribution is 2.38. The van der Waals surface area contributed by atoms with Crippen LogP contribution in [0.5, 0.6) is 0 Å². The van der Waals surface area contributed by atoms with E-state index in [0.29, 0.717) is 17.4 Å². The number of hydrogen-bond donors (Lipinski definition) is 0. The van der Waals surface area contributed by atoms with Gasteiger partial charge in [-0.25, -0.2) is 0 Å². The van der Waals surface area contributed by atoms with Crippen LogP contribution in [0.3, 0.4) is 0 Å². The van der Waals surface area contributed by atoms with E-state index >= 15 is 0 Å². The van der Waals surface area contributed by atoms with Crippen molar-refractivity contribution < 1.29 is 28.3 Å². The van der Waals surface area contributed by atoms with Crippen LogP contribution < -0.4 is 0 Å². The van der Waals surface area contributed by atoms with Gasteiger partial charge in [0.25, 0.3) is 0 Å². The maximum atomic E-state index is 11.8. The second-order valence-electron chi connectivity index (χ2n) is 9.37. The first-order valence-electron chi connectivity index (χ1n) is 10.6. The summed E-state index contributed by atoms with van der Waals surface area (Å²) in [4.78, 5) is 34.3. The van der Waals surface area contributed by atoms with Crippen LogP contribution in [0.4, 0.5) is 0 Å². The van der Waals surface area contributed by atoms with E-state index in [9.17, 15) is 14.4 Å². The van der Waals surface area contributed by atoms with E-state index < -0.39 is 32.5 Å². The lowest BCUT2D eigenvalue weighted by Crippen LogP contribution is -2.45. The predicted octanol–water partition coefficient (Wildman–Crippen LogP) is 4.91. The van der Waals surface area contributed by atoms with Gasteiger partial charge in [-0.1, -0.05) is 44.8 Å². The standard InChI is InChI=1S/C25H38O6Si/c1-18(2)12-11-13-19(3)23(31-32(9,10)25(6,7)8)16-24(30-21(5)28)22(14-15-26)17-29-20(4)27/h12,14-15,23-24H,3,16-17H2,1-2,4-10H3/b22-14+/t23-,24-/m0/s1. The molecule has 178 valence electrons. The van der Waals surface area contributed by atoms with E-state index in [-0.39, 0.29) is 18.1 Å². The first-order chi connectivity index (χ1) is 14.6. The number of ether oxygens (including phenoxy) is 2. The molecule has 32 heavy (non-hydrogen) atoms. The van der Waals surface area contributed by atoms with E-state index in [4.69, 9.17) is 13.9 Å². The molecule has 0 aliphatic carbocycles. The number of aldehydes is 1. The molecule has 0 aromatic rings. The second kappa shape index (κ2) is 13.2. The van der Waals surface area contributed by atoms with Crippen molar-refractivity contribution in [2.75, 3.05) is 6.61 Å². The molecule has 0 saturated heterocycles. The largest absolute Gasteiger partial charge is 0.461 e. The minimum Gasteiger partial charge on any atom is -0.461 e. The summed E-state index contributed by atoms with van der Waals surface area (Å²) in [5.41, 5.74) is 1.96. The van der Waals surface area contributed by atoms with Crippen molar-refractivity contribution in [1.82, 2.24) is 0 Å². The number of esters is 2. The summed E-state index contributed by atoms with van der Waals surface area (Å²) in [6, 6.07) is 0. The lowest BCUT2D eigenvalue weighted by atomic mass is 9.99. The van der Waals surface area contributed by atoms with E-state index in [2.05, 4.69) is 52.3 Å². The molecule has 6 nitrogen and oxygen atoms in total. The third-order valence-corrected chi connectivity index (χ3v) is 9.59. The Morgan fingerprint density at radius 2 is 1.66 bits per heavy atom. The molecule has 0 rings (SSSR count). The molecule has 0 spiro atoms. The molecular formula is C25H38O6Si. The van der Waals surface area contributed by atoms with E-state index in [0.717, 1.165) is 5.57 Å². The van der Waals surface area contributed by atoms with Gasteiger partial charge in [0.1, 0.15) is 19.0 Å². The van der Waals surface area contributed by atoms with Crippen molar-refractivity contribution in [3.8, 4) is 11.8 Å². The number of allylic oxidation sites excluding steroid dienone is 3. The molecule has 0 fully saturated rings. The monoisotopic (exact) mass is 462 g/mol. The van der Waals surface area contributed by atoms with Gasteiger partial charge < -0.3 is 13.9 Å². The first-order valence-corrected chi connectivity index (χ1v) is 13.5. The third-order valence-electron chi connectivity index (χ3n) is 5.10. The predicted molar refractivity (Wildman–Crippen MR) is 129 cm³/mol. The maximum Gasteiger partial charge on any atom is 0.303 e. The molecule has 0 N–H and O–H groups in total. The van der Waals surface area contributed by atoms with Crippen LogP contribution in [0.25, 0.3) is 0 Å². The highest BCUT2D eigenvalue weighted by Gasteiger charge is 2.40. The highest BCUT2D eigenvalue weighted by atomic mass is 28.4. The lowest BCUT2D eigenvalue weighted by molar-refractivity contribution is -0.146. The van der Waals surface area contributed by atoms with Crippen LogP contribution in [0.2, 0.25) is 18.1 Å². The molecule has 0 aromatic heterocycles.